The summed E-state index contributed by atoms with van der Waals surface area (Å²) >= 11 is 11.2. The minimum atomic E-state index is -4.79. The van der Waals surface area contributed by atoms with E-state index in [0.717, 1.165) is 19.2 Å². The highest BCUT2D eigenvalue weighted by atomic mass is 35.5. The van der Waals surface area contributed by atoms with Crippen LogP contribution in [0.5, 0.6) is 0 Å². The molecule has 1 aromatic heterocycles. The van der Waals surface area contributed by atoms with Gasteiger partial charge < -0.3 is 0 Å². The molecule has 0 aromatic carbocycles. The van der Waals surface area contributed by atoms with Gasteiger partial charge in [0.2, 0.25) is 0 Å². The van der Waals surface area contributed by atoms with Crippen molar-refractivity contribution in [1.29, 1.82) is 0 Å². The lowest BCUT2D eigenvalue weighted by atomic mass is 9.93. The molecule has 0 N–H and O–H groups in total. The van der Waals surface area contributed by atoms with Crippen LogP contribution >= 0.6 is 23.2 Å². The van der Waals surface area contributed by atoms with Crippen LogP contribution in [-0.2, 0) is 13.2 Å². The van der Waals surface area contributed by atoms with Gasteiger partial charge in [-0.1, -0.05) is 29.3 Å². The Balaban J connectivity index is 2.58. The molecule has 0 saturated heterocycles. The number of aromatic nitrogens is 2. The van der Waals surface area contributed by atoms with Crippen molar-refractivity contribution in [3.05, 3.63) is 39.7 Å². The van der Waals surface area contributed by atoms with Crippen LogP contribution in [-0.4, -0.2) is 15.7 Å². The van der Waals surface area contributed by atoms with Crippen molar-refractivity contribution < 1.29 is 22.0 Å². The highest BCUT2D eigenvalue weighted by molar-refractivity contribution is 6.32. The van der Waals surface area contributed by atoms with Crippen molar-refractivity contribution in [2.45, 2.75) is 18.0 Å². The van der Waals surface area contributed by atoms with Crippen molar-refractivity contribution in [2.75, 3.05) is 0 Å². The lowest BCUT2D eigenvalue weighted by molar-refractivity contribution is -0.143. The van der Waals surface area contributed by atoms with Crippen molar-refractivity contribution in [2.24, 2.45) is 7.05 Å². The van der Waals surface area contributed by atoms with E-state index in [0.29, 0.717) is 10.8 Å². The quantitative estimate of drug-likeness (QED) is 0.692. The zero-order chi connectivity index (χ0) is 15.3. The number of aryl methyl sites for hydroxylation is 1. The molecular formula is C11H7Cl2F5N2. The van der Waals surface area contributed by atoms with Gasteiger partial charge in [0, 0.05) is 12.1 Å². The summed E-state index contributed by atoms with van der Waals surface area (Å²) in [6, 6.07) is 0. The third-order valence-corrected chi connectivity index (χ3v) is 3.41. The summed E-state index contributed by atoms with van der Waals surface area (Å²) < 4.78 is 66.3. The first-order valence-electron chi connectivity index (χ1n) is 5.28. The number of alkyl halides is 5. The first-order valence-corrected chi connectivity index (χ1v) is 6.03. The topological polar surface area (TPSA) is 17.8 Å². The van der Waals surface area contributed by atoms with Gasteiger partial charge >= 0.3 is 6.18 Å². The second-order valence-corrected chi connectivity index (χ2v) is 5.02. The highest BCUT2D eigenvalue weighted by Gasteiger charge is 2.45. The second-order valence-electron chi connectivity index (χ2n) is 4.21. The van der Waals surface area contributed by atoms with Gasteiger partial charge in [0.05, 0.1) is 16.6 Å². The zero-order valence-corrected chi connectivity index (χ0v) is 11.4. The van der Waals surface area contributed by atoms with Gasteiger partial charge in [-0.25, -0.2) is 8.78 Å². The maximum Gasteiger partial charge on any atom is 0.434 e. The maximum atomic E-state index is 13.8. The molecule has 1 unspecified atom stereocenters. The van der Waals surface area contributed by atoms with Gasteiger partial charge in [-0.2, -0.15) is 18.3 Å². The Morgan fingerprint density at radius 1 is 1.30 bits per heavy atom. The summed E-state index contributed by atoms with van der Waals surface area (Å²) in [6.45, 7) is 0. The molecule has 9 heteroatoms. The molecule has 110 valence electrons. The molecule has 0 fully saturated rings. The van der Waals surface area contributed by atoms with Crippen LogP contribution < -0.4 is 0 Å². The number of rotatable bonds is 1. The molecule has 1 heterocycles. The van der Waals surface area contributed by atoms with E-state index < -0.39 is 34.4 Å². The van der Waals surface area contributed by atoms with Crippen LogP contribution in [0.2, 0.25) is 5.02 Å². The van der Waals surface area contributed by atoms with Crippen LogP contribution in [0.4, 0.5) is 22.0 Å². The first kappa shape index (κ1) is 15.3. The normalized spacial score (nSPS) is 22.0. The molecule has 0 radical (unpaired) electrons. The van der Waals surface area contributed by atoms with E-state index in [9.17, 15) is 22.0 Å². The highest BCUT2D eigenvalue weighted by Crippen LogP contribution is 2.45. The Hall–Kier alpha value is -1.08. The summed E-state index contributed by atoms with van der Waals surface area (Å²) in [7, 11) is 0.986. The van der Waals surface area contributed by atoms with Gasteiger partial charge in [0.15, 0.2) is 5.69 Å². The number of allylic oxidation sites excluding steroid dienone is 4. The van der Waals surface area contributed by atoms with E-state index in [-0.39, 0.29) is 5.03 Å². The van der Waals surface area contributed by atoms with E-state index in [1.54, 1.807) is 0 Å². The van der Waals surface area contributed by atoms with Crippen molar-refractivity contribution in [3.63, 3.8) is 0 Å². The molecule has 0 amide bonds. The maximum absolute atomic E-state index is 13.8. The monoisotopic (exact) mass is 332 g/mol. The first-order chi connectivity index (χ1) is 9.04. The third kappa shape index (κ3) is 2.56. The fraction of sp³-hybridized carbons (Fsp3) is 0.364. The fourth-order valence-corrected chi connectivity index (χ4v) is 2.48. The van der Waals surface area contributed by atoms with Crippen molar-refractivity contribution in [1.82, 2.24) is 9.78 Å². The predicted molar refractivity (Wildman–Crippen MR) is 64.0 cm³/mol. The Morgan fingerprint density at radius 3 is 2.40 bits per heavy atom. The predicted octanol–water partition coefficient (Wildman–Crippen LogP) is 4.50. The Bertz CT molecular complexity index is 601. The lowest BCUT2D eigenvalue weighted by Gasteiger charge is -2.23. The van der Waals surface area contributed by atoms with E-state index in [1.807, 2.05) is 0 Å². The average Bonchev–Trinajstić information content (AvgIpc) is 2.57. The summed E-state index contributed by atoms with van der Waals surface area (Å²) in [5.41, 5.74) is -1.84. The molecule has 0 bridgehead atoms. The minimum absolute atomic E-state index is 0.0174. The SMILES string of the molecule is Cn1nc(C2C=C(Cl)C=CC2(F)F)c(Cl)c1C(F)(F)F. The van der Waals surface area contributed by atoms with Gasteiger partial charge in [-0.15, -0.1) is 0 Å². The molecule has 0 spiro atoms. The Labute approximate surface area is 120 Å². The molecule has 0 aliphatic heterocycles. The Morgan fingerprint density at radius 2 is 1.90 bits per heavy atom. The van der Waals surface area contributed by atoms with E-state index in [1.165, 1.54) is 0 Å². The lowest BCUT2D eigenvalue weighted by Crippen LogP contribution is -2.25. The standard InChI is InChI=1S/C11H7Cl2F5N2/c1-20-9(11(16,17)18)7(13)8(19-20)6-4-5(12)2-3-10(6,14)15/h2-4,6H,1H3. The molecule has 2 nitrogen and oxygen atoms in total. The second kappa shape index (κ2) is 4.73. The molecule has 1 aliphatic rings. The summed E-state index contributed by atoms with van der Waals surface area (Å²) in [5, 5.41) is 2.61. The molecule has 20 heavy (non-hydrogen) atoms. The molecule has 0 saturated carbocycles. The molecule has 2 rings (SSSR count). The van der Waals surface area contributed by atoms with Crippen molar-refractivity contribution in [3.8, 4) is 0 Å². The van der Waals surface area contributed by atoms with Crippen LogP contribution in [0.15, 0.2) is 23.3 Å². The van der Waals surface area contributed by atoms with Gasteiger partial charge in [-0.05, 0) is 12.2 Å². The van der Waals surface area contributed by atoms with E-state index >= 15 is 0 Å². The van der Waals surface area contributed by atoms with Gasteiger partial charge in [0.25, 0.3) is 5.92 Å². The third-order valence-electron chi connectivity index (χ3n) is 2.78. The number of hydrogen-bond acceptors (Lipinski definition) is 1. The van der Waals surface area contributed by atoms with Crippen molar-refractivity contribution >= 4 is 23.2 Å². The van der Waals surface area contributed by atoms with Crippen LogP contribution in [0.3, 0.4) is 0 Å². The van der Waals surface area contributed by atoms with E-state index in [4.69, 9.17) is 23.2 Å². The number of hydrogen-bond donors (Lipinski definition) is 0. The molecular weight excluding hydrogens is 326 g/mol. The number of nitrogens with zero attached hydrogens (tertiary/aromatic N) is 2. The average molecular weight is 333 g/mol. The zero-order valence-electron chi connectivity index (χ0n) is 9.85. The van der Waals surface area contributed by atoms with Gasteiger partial charge in [-0.3, -0.25) is 4.68 Å². The molecule has 1 aliphatic carbocycles. The fourth-order valence-electron chi connectivity index (χ4n) is 1.91. The van der Waals surface area contributed by atoms with Gasteiger partial charge in [0.1, 0.15) is 0 Å². The summed E-state index contributed by atoms with van der Waals surface area (Å²) in [6.07, 6.45) is -2.38. The summed E-state index contributed by atoms with van der Waals surface area (Å²) in [4.78, 5) is 0. The molecule has 1 atom stereocenters. The smallest absolute Gasteiger partial charge is 0.262 e. The van der Waals surface area contributed by atoms with Crippen LogP contribution in [0.1, 0.15) is 17.3 Å². The minimum Gasteiger partial charge on any atom is -0.262 e. The largest absolute Gasteiger partial charge is 0.434 e. The van der Waals surface area contributed by atoms with Crippen LogP contribution in [0, 0.1) is 0 Å². The molecule has 1 aromatic rings. The number of halogens is 7. The van der Waals surface area contributed by atoms with Crippen LogP contribution in [0.25, 0.3) is 0 Å². The Kier molecular flexibility index (Phi) is 3.62. The summed E-state index contributed by atoms with van der Waals surface area (Å²) in [5.74, 6) is -5.16. The van der Waals surface area contributed by atoms with E-state index in [2.05, 4.69) is 5.10 Å².